The summed E-state index contributed by atoms with van der Waals surface area (Å²) in [5, 5.41) is 11.6. The lowest BCUT2D eigenvalue weighted by molar-refractivity contribution is -0.870. The van der Waals surface area contributed by atoms with Gasteiger partial charge in [0.1, 0.15) is 13.2 Å². The number of allylic oxidation sites excluding steroid dienone is 13. The van der Waals surface area contributed by atoms with E-state index in [1.54, 1.807) is 6.08 Å². The number of carboxylic acids is 1. The van der Waals surface area contributed by atoms with E-state index >= 15 is 0 Å². The molecule has 0 saturated carbocycles. The zero-order chi connectivity index (χ0) is 39.3. The van der Waals surface area contributed by atoms with Crippen LogP contribution in [0.2, 0.25) is 0 Å². The fraction of sp³-hybridized carbons (Fsp3) is 0.614. The highest BCUT2D eigenvalue weighted by Gasteiger charge is 2.21. The third-order valence-corrected chi connectivity index (χ3v) is 7.64. The van der Waals surface area contributed by atoms with Crippen molar-refractivity contribution in [3.05, 3.63) is 85.1 Å². The molecule has 0 aromatic carbocycles. The third-order valence-electron chi connectivity index (χ3n) is 7.64. The second-order valence-corrected chi connectivity index (χ2v) is 13.8. The molecule has 300 valence electrons. The second-order valence-electron chi connectivity index (χ2n) is 13.8. The first-order chi connectivity index (χ1) is 25.6. The van der Waals surface area contributed by atoms with Gasteiger partial charge in [0.2, 0.25) is 0 Å². The normalized spacial score (nSPS) is 13.9. The zero-order valence-electron chi connectivity index (χ0n) is 33.6. The summed E-state index contributed by atoms with van der Waals surface area (Å²) in [6, 6.07) is 0. The Kier molecular flexibility index (Phi) is 33.1. The molecule has 9 nitrogen and oxygen atoms in total. The van der Waals surface area contributed by atoms with Crippen LogP contribution in [-0.4, -0.2) is 82.3 Å². The number of hydrogen-bond acceptors (Lipinski definition) is 8. The maximum atomic E-state index is 12.6. The van der Waals surface area contributed by atoms with Crippen LogP contribution in [0.5, 0.6) is 0 Å². The fourth-order valence-electron chi connectivity index (χ4n) is 4.59. The molecular formula is C44H71NO8. The monoisotopic (exact) mass is 742 g/mol. The molecule has 0 radical (unpaired) electrons. The molecule has 0 bridgehead atoms. The van der Waals surface area contributed by atoms with E-state index in [4.69, 9.17) is 18.9 Å². The number of carboxylic acid groups (broad SMARTS) is 1. The molecule has 2 atom stereocenters. The van der Waals surface area contributed by atoms with Crippen molar-refractivity contribution in [1.82, 2.24) is 0 Å². The first-order valence-electron chi connectivity index (χ1n) is 19.7. The molecule has 0 aliphatic heterocycles. The number of aliphatic carboxylic acids is 1. The Balaban J connectivity index is 4.72. The molecule has 9 heteroatoms. The molecule has 0 saturated heterocycles. The number of ether oxygens (including phenoxy) is 4. The maximum absolute atomic E-state index is 12.6. The number of nitrogens with zero attached hydrogens (tertiary/aromatic N) is 1. The van der Waals surface area contributed by atoms with E-state index in [2.05, 4.69) is 80.7 Å². The van der Waals surface area contributed by atoms with Gasteiger partial charge in [-0.3, -0.25) is 9.59 Å². The summed E-state index contributed by atoms with van der Waals surface area (Å²) >= 11 is 0. The van der Waals surface area contributed by atoms with Crippen LogP contribution in [0.3, 0.4) is 0 Å². The van der Waals surface area contributed by atoms with Crippen molar-refractivity contribution in [1.29, 1.82) is 0 Å². The van der Waals surface area contributed by atoms with Crippen molar-refractivity contribution >= 4 is 17.9 Å². The number of quaternary nitrogens is 1. The van der Waals surface area contributed by atoms with Crippen molar-refractivity contribution in [2.24, 2.45) is 0 Å². The minimum absolute atomic E-state index is 0.00762. The number of hydrogen-bond donors (Lipinski definition) is 0. The van der Waals surface area contributed by atoms with Crippen molar-refractivity contribution in [2.75, 3.05) is 47.5 Å². The van der Waals surface area contributed by atoms with Crippen LogP contribution >= 0.6 is 0 Å². The molecule has 0 aromatic rings. The van der Waals surface area contributed by atoms with Gasteiger partial charge in [-0.15, -0.1) is 0 Å². The van der Waals surface area contributed by atoms with Crippen LogP contribution in [0, 0.1) is 0 Å². The Labute approximate surface area is 321 Å². The molecule has 2 unspecified atom stereocenters. The summed E-state index contributed by atoms with van der Waals surface area (Å²) in [5.41, 5.74) is 0. The Morgan fingerprint density at radius 2 is 1.13 bits per heavy atom. The van der Waals surface area contributed by atoms with E-state index in [9.17, 15) is 19.5 Å². The number of carbonyl (C=O) groups excluding carboxylic acids is 3. The lowest BCUT2D eigenvalue weighted by atomic mass is 10.1. The SMILES string of the molecule is CC/C=C\C/C=C\C/C=C\C/C=C\C/C=C\CC(=O)OC(COC(=O)CCCCCCC/C=C\C/C=C\CCC)COC(OCC[N+](C)(C)C)C(=O)[O-]. The van der Waals surface area contributed by atoms with Gasteiger partial charge in [0.25, 0.3) is 0 Å². The first kappa shape index (κ1) is 49.5. The lowest BCUT2D eigenvalue weighted by Crippen LogP contribution is -2.44. The molecule has 0 amide bonds. The molecule has 0 heterocycles. The minimum atomic E-state index is -1.65. The Morgan fingerprint density at radius 1 is 0.604 bits per heavy atom. The third kappa shape index (κ3) is 36.6. The number of unbranched alkanes of at least 4 members (excludes halogenated alkanes) is 6. The average Bonchev–Trinajstić information content (AvgIpc) is 3.11. The number of carbonyl (C=O) groups is 3. The van der Waals surface area contributed by atoms with Gasteiger partial charge in [-0.05, 0) is 64.2 Å². The Bertz CT molecular complexity index is 1140. The van der Waals surface area contributed by atoms with Crippen molar-refractivity contribution < 1.29 is 42.9 Å². The van der Waals surface area contributed by atoms with E-state index in [0.717, 1.165) is 70.6 Å². The number of rotatable bonds is 34. The van der Waals surface area contributed by atoms with Crippen LogP contribution in [-0.2, 0) is 33.3 Å². The molecular weight excluding hydrogens is 670 g/mol. The molecule has 0 aliphatic rings. The molecule has 0 fully saturated rings. The quantitative estimate of drug-likeness (QED) is 0.0213. The van der Waals surface area contributed by atoms with Gasteiger partial charge in [-0.2, -0.15) is 0 Å². The summed E-state index contributed by atoms with van der Waals surface area (Å²) in [6.07, 6.45) is 40.8. The highest BCUT2D eigenvalue weighted by molar-refractivity contribution is 5.71. The van der Waals surface area contributed by atoms with Crippen molar-refractivity contribution in [3.63, 3.8) is 0 Å². The average molecular weight is 742 g/mol. The molecule has 0 rings (SSSR count). The molecule has 53 heavy (non-hydrogen) atoms. The van der Waals surface area contributed by atoms with Gasteiger partial charge in [-0.25, -0.2) is 0 Å². The molecule has 0 aromatic heterocycles. The molecule has 0 N–H and O–H groups in total. The zero-order valence-corrected chi connectivity index (χ0v) is 33.6. The van der Waals surface area contributed by atoms with Crippen LogP contribution in [0.4, 0.5) is 0 Å². The number of esters is 2. The van der Waals surface area contributed by atoms with Crippen LogP contribution in [0.15, 0.2) is 85.1 Å². The predicted octanol–water partition coefficient (Wildman–Crippen LogP) is 8.43. The van der Waals surface area contributed by atoms with Gasteiger partial charge in [-0.1, -0.05) is 125 Å². The topological polar surface area (TPSA) is 111 Å². The van der Waals surface area contributed by atoms with Gasteiger partial charge in [0.15, 0.2) is 12.4 Å². The Morgan fingerprint density at radius 3 is 1.70 bits per heavy atom. The summed E-state index contributed by atoms with van der Waals surface area (Å²) < 4.78 is 22.3. The second kappa shape index (κ2) is 35.5. The van der Waals surface area contributed by atoms with E-state index in [1.165, 1.54) is 6.42 Å². The number of likely N-dealkylation sites (N-methyl/N-ethyl adjacent to an activating group) is 1. The summed E-state index contributed by atoms with van der Waals surface area (Å²) in [7, 11) is 5.85. The predicted molar refractivity (Wildman–Crippen MR) is 214 cm³/mol. The first-order valence-corrected chi connectivity index (χ1v) is 19.7. The summed E-state index contributed by atoms with van der Waals surface area (Å²) in [6.45, 7) is 4.38. The highest BCUT2D eigenvalue weighted by atomic mass is 16.7. The largest absolute Gasteiger partial charge is 0.545 e. The lowest BCUT2D eigenvalue weighted by Gasteiger charge is -2.26. The van der Waals surface area contributed by atoms with Crippen LogP contribution in [0.25, 0.3) is 0 Å². The van der Waals surface area contributed by atoms with Crippen LogP contribution < -0.4 is 5.11 Å². The molecule has 0 aliphatic carbocycles. The smallest absolute Gasteiger partial charge is 0.310 e. The maximum Gasteiger partial charge on any atom is 0.310 e. The van der Waals surface area contributed by atoms with Crippen molar-refractivity contribution in [3.8, 4) is 0 Å². The fourth-order valence-corrected chi connectivity index (χ4v) is 4.59. The van der Waals surface area contributed by atoms with Gasteiger partial charge < -0.3 is 33.3 Å². The standard InChI is InChI=1S/C44H71NO8/c1-6-8-10-12-14-16-18-20-21-23-25-27-29-31-33-35-42(47)53-40(39-52-44(43(48)49)50-37-36-45(3,4)5)38-51-41(46)34-32-30-28-26-24-22-19-17-15-13-11-9-7-2/h8,10-11,13-14,16-17,19-21,25,27,31,33,40,44H,6-7,9,12,15,18,22-24,26,28-30,32,34-39H2,1-5H3/b10-8-,13-11-,16-14-,19-17-,21-20-,27-25-,33-31-. The molecule has 0 spiro atoms. The van der Waals surface area contributed by atoms with Crippen LogP contribution in [0.1, 0.15) is 117 Å². The van der Waals surface area contributed by atoms with E-state index in [0.29, 0.717) is 23.9 Å². The highest BCUT2D eigenvalue weighted by Crippen LogP contribution is 2.10. The summed E-state index contributed by atoms with van der Waals surface area (Å²) in [5.74, 6) is -2.49. The Hall–Kier alpha value is -3.53. The van der Waals surface area contributed by atoms with Gasteiger partial charge in [0, 0.05) is 6.42 Å². The van der Waals surface area contributed by atoms with Crippen molar-refractivity contribution in [2.45, 2.75) is 129 Å². The summed E-state index contributed by atoms with van der Waals surface area (Å²) in [4.78, 5) is 36.7. The minimum Gasteiger partial charge on any atom is -0.545 e. The van der Waals surface area contributed by atoms with E-state index < -0.39 is 30.3 Å². The van der Waals surface area contributed by atoms with E-state index in [1.807, 2.05) is 33.3 Å². The van der Waals surface area contributed by atoms with Gasteiger partial charge in [0.05, 0.1) is 46.7 Å². The van der Waals surface area contributed by atoms with Gasteiger partial charge >= 0.3 is 11.9 Å². The van der Waals surface area contributed by atoms with E-state index in [-0.39, 0.29) is 32.7 Å².